The average Bonchev–Trinajstić information content (AvgIpc) is 2.51. The number of hydrogen-bond donors (Lipinski definition) is 2. The maximum atomic E-state index is 5.65. The number of guanidine groups is 1. The van der Waals surface area contributed by atoms with Crippen LogP contribution < -0.4 is 15.4 Å². The van der Waals surface area contributed by atoms with E-state index in [4.69, 9.17) is 4.74 Å². The van der Waals surface area contributed by atoms with Gasteiger partial charge in [0.25, 0.3) is 0 Å². The molecule has 0 aliphatic rings. The maximum Gasteiger partial charge on any atom is 0.191 e. The first kappa shape index (κ1) is 17.3. The highest BCUT2D eigenvalue weighted by Crippen LogP contribution is 2.14. The summed E-state index contributed by atoms with van der Waals surface area (Å²) in [5, 5.41) is 6.67. The molecule has 1 aromatic carbocycles. The number of nitrogens with zero attached hydrogens (tertiary/aromatic N) is 1. The molecule has 0 saturated carbocycles. The van der Waals surface area contributed by atoms with Crippen molar-refractivity contribution in [3.63, 3.8) is 0 Å². The summed E-state index contributed by atoms with van der Waals surface area (Å²) in [6.45, 7) is 10.8. The van der Waals surface area contributed by atoms with Crippen LogP contribution in [0.15, 0.2) is 29.3 Å². The second kappa shape index (κ2) is 10.1. The summed E-state index contributed by atoms with van der Waals surface area (Å²) in [5.74, 6) is 1.79. The van der Waals surface area contributed by atoms with Crippen molar-refractivity contribution in [1.82, 2.24) is 10.6 Å². The van der Waals surface area contributed by atoms with Gasteiger partial charge in [-0.15, -0.1) is 0 Å². The fourth-order valence-electron chi connectivity index (χ4n) is 1.78. The number of ether oxygens (including phenoxy) is 1. The molecule has 1 rings (SSSR count). The van der Waals surface area contributed by atoms with E-state index in [1.807, 2.05) is 12.1 Å². The molecule has 1 atom stereocenters. The first-order chi connectivity index (χ1) is 10.2. The van der Waals surface area contributed by atoms with Gasteiger partial charge in [0.1, 0.15) is 5.75 Å². The van der Waals surface area contributed by atoms with Crippen LogP contribution in [-0.4, -0.2) is 25.2 Å². The summed E-state index contributed by atoms with van der Waals surface area (Å²) in [4.78, 5) is 4.63. The Morgan fingerprint density at radius 1 is 1.29 bits per heavy atom. The molecule has 2 N–H and O–H groups in total. The minimum Gasteiger partial charge on any atom is -0.494 e. The Kier molecular flexibility index (Phi) is 8.32. The van der Waals surface area contributed by atoms with Crippen LogP contribution in [-0.2, 0) is 6.54 Å². The molecule has 0 heterocycles. The molecule has 0 aliphatic heterocycles. The van der Waals surface area contributed by atoms with Crippen LogP contribution >= 0.6 is 0 Å². The zero-order valence-electron chi connectivity index (χ0n) is 13.8. The van der Waals surface area contributed by atoms with E-state index in [0.717, 1.165) is 43.3 Å². The van der Waals surface area contributed by atoms with Crippen LogP contribution in [0.3, 0.4) is 0 Å². The Hall–Kier alpha value is -1.71. The Labute approximate surface area is 129 Å². The third kappa shape index (κ3) is 7.02. The molecule has 1 unspecified atom stereocenters. The van der Waals surface area contributed by atoms with Crippen LogP contribution in [0.2, 0.25) is 0 Å². The summed E-state index contributed by atoms with van der Waals surface area (Å²) < 4.78 is 5.65. The predicted octanol–water partition coefficient (Wildman–Crippen LogP) is 3.33. The van der Waals surface area contributed by atoms with E-state index < -0.39 is 0 Å². The zero-order chi connectivity index (χ0) is 15.5. The van der Waals surface area contributed by atoms with Gasteiger partial charge in [0.05, 0.1) is 13.2 Å². The third-order valence-electron chi connectivity index (χ3n) is 3.13. The quantitative estimate of drug-likeness (QED) is 0.570. The van der Waals surface area contributed by atoms with Crippen molar-refractivity contribution in [1.29, 1.82) is 0 Å². The van der Waals surface area contributed by atoms with E-state index >= 15 is 0 Å². The van der Waals surface area contributed by atoms with Crippen molar-refractivity contribution in [2.45, 2.75) is 53.1 Å². The fourth-order valence-corrected chi connectivity index (χ4v) is 1.78. The first-order valence-corrected chi connectivity index (χ1v) is 7.96. The largest absolute Gasteiger partial charge is 0.494 e. The molecule has 0 aromatic heterocycles. The van der Waals surface area contributed by atoms with E-state index in [1.54, 1.807) is 0 Å². The SMILES string of the molecule is CCCOc1cccc(CN=C(NCC)NC(C)CC)c1. The van der Waals surface area contributed by atoms with E-state index in [2.05, 4.69) is 55.5 Å². The van der Waals surface area contributed by atoms with E-state index in [0.29, 0.717) is 12.6 Å². The van der Waals surface area contributed by atoms with Gasteiger partial charge in [-0.25, -0.2) is 4.99 Å². The Balaban J connectivity index is 2.66. The molecule has 4 heteroatoms. The number of rotatable bonds is 8. The molecule has 0 radical (unpaired) electrons. The fraction of sp³-hybridized carbons (Fsp3) is 0.588. The third-order valence-corrected chi connectivity index (χ3v) is 3.13. The minimum absolute atomic E-state index is 0.419. The standard InChI is InChI=1S/C17H29N3O/c1-5-11-21-16-10-8-9-15(12-16)13-19-17(18-7-3)20-14(4)6-2/h8-10,12,14H,5-7,11,13H2,1-4H3,(H2,18,19,20). The molecule has 0 spiro atoms. The average molecular weight is 291 g/mol. The normalized spacial score (nSPS) is 12.9. The second-order valence-corrected chi connectivity index (χ2v) is 5.14. The molecule has 0 saturated heterocycles. The smallest absolute Gasteiger partial charge is 0.191 e. The van der Waals surface area contributed by atoms with Crippen LogP contribution in [0.25, 0.3) is 0 Å². The van der Waals surface area contributed by atoms with Gasteiger partial charge in [-0.2, -0.15) is 0 Å². The van der Waals surface area contributed by atoms with Gasteiger partial charge >= 0.3 is 0 Å². The topological polar surface area (TPSA) is 45.6 Å². The molecule has 1 aromatic rings. The molecular formula is C17H29N3O. The lowest BCUT2D eigenvalue weighted by atomic mass is 10.2. The lowest BCUT2D eigenvalue weighted by Gasteiger charge is -2.16. The van der Waals surface area contributed by atoms with Crippen LogP contribution in [0, 0.1) is 0 Å². The van der Waals surface area contributed by atoms with Gasteiger partial charge in [-0.05, 0) is 44.4 Å². The van der Waals surface area contributed by atoms with Gasteiger partial charge < -0.3 is 15.4 Å². The van der Waals surface area contributed by atoms with Crippen molar-refractivity contribution < 1.29 is 4.74 Å². The van der Waals surface area contributed by atoms with E-state index in [9.17, 15) is 0 Å². The van der Waals surface area contributed by atoms with Crippen molar-refractivity contribution in [3.05, 3.63) is 29.8 Å². The highest BCUT2D eigenvalue weighted by Gasteiger charge is 2.02. The van der Waals surface area contributed by atoms with E-state index in [1.165, 1.54) is 0 Å². The van der Waals surface area contributed by atoms with Gasteiger partial charge in [-0.1, -0.05) is 26.0 Å². The molecule has 118 valence electrons. The summed E-state index contributed by atoms with van der Waals surface area (Å²) in [6.07, 6.45) is 2.09. The van der Waals surface area contributed by atoms with Gasteiger partial charge in [0, 0.05) is 12.6 Å². The highest BCUT2D eigenvalue weighted by atomic mass is 16.5. The number of benzene rings is 1. The monoisotopic (exact) mass is 291 g/mol. The maximum absolute atomic E-state index is 5.65. The summed E-state index contributed by atoms with van der Waals surface area (Å²) in [6, 6.07) is 8.57. The van der Waals surface area contributed by atoms with Crippen LogP contribution in [0.4, 0.5) is 0 Å². The van der Waals surface area contributed by atoms with Gasteiger partial charge in [-0.3, -0.25) is 0 Å². The number of hydrogen-bond acceptors (Lipinski definition) is 2. The summed E-state index contributed by atoms with van der Waals surface area (Å²) in [5.41, 5.74) is 1.16. The molecule has 0 aliphatic carbocycles. The lowest BCUT2D eigenvalue weighted by molar-refractivity contribution is 0.317. The minimum atomic E-state index is 0.419. The molecule has 0 amide bonds. The summed E-state index contributed by atoms with van der Waals surface area (Å²) >= 11 is 0. The molecule has 0 fully saturated rings. The molecule has 21 heavy (non-hydrogen) atoms. The van der Waals surface area contributed by atoms with Gasteiger partial charge in [0.15, 0.2) is 5.96 Å². The van der Waals surface area contributed by atoms with Crippen molar-refractivity contribution >= 4 is 5.96 Å². The molecule has 0 bridgehead atoms. The Morgan fingerprint density at radius 2 is 2.10 bits per heavy atom. The van der Waals surface area contributed by atoms with Crippen molar-refractivity contribution in [2.24, 2.45) is 4.99 Å². The Morgan fingerprint density at radius 3 is 2.76 bits per heavy atom. The van der Waals surface area contributed by atoms with E-state index in [-0.39, 0.29) is 0 Å². The summed E-state index contributed by atoms with van der Waals surface area (Å²) in [7, 11) is 0. The first-order valence-electron chi connectivity index (χ1n) is 7.96. The predicted molar refractivity (Wildman–Crippen MR) is 89.9 cm³/mol. The van der Waals surface area contributed by atoms with Crippen molar-refractivity contribution in [2.75, 3.05) is 13.2 Å². The van der Waals surface area contributed by atoms with Gasteiger partial charge in [0.2, 0.25) is 0 Å². The van der Waals surface area contributed by atoms with Crippen molar-refractivity contribution in [3.8, 4) is 5.75 Å². The molecular weight excluding hydrogens is 262 g/mol. The number of nitrogens with one attached hydrogen (secondary N) is 2. The zero-order valence-corrected chi connectivity index (χ0v) is 13.8. The second-order valence-electron chi connectivity index (χ2n) is 5.14. The van der Waals surface area contributed by atoms with Crippen LogP contribution in [0.1, 0.15) is 46.1 Å². The van der Waals surface area contributed by atoms with Crippen LogP contribution in [0.5, 0.6) is 5.75 Å². The Bertz CT molecular complexity index is 432. The number of aliphatic imine (C=N–C) groups is 1. The molecule has 4 nitrogen and oxygen atoms in total. The highest BCUT2D eigenvalue weighted by molar-refractivity contribution is 5.80. The lowest BCUT2D eigenvalue weighted by Crippen LogP contribution is -2.41.